The molecule has 7 nitrogen and oxygen atoms in total. The van der Waals surface area contributed by atoms with Crippen LogP contribution in [-0.2, 0) is 4.79 Å². The minimum absolute atomic E-state index is 0.213. The molecular weight excluding hydrogens is 531 g/mol. The molecule has 37 heavy (non-hydrogen) atoms. The Hall–Kier alpha value is -3.59. The molecule has 0 spiro atoms. The van der Waals surface area contributed by atoms with Gasteiger partial charge in [-0.25, -0.2) is 0 Å². The van der Waals surface area contributed by atoms with Crippen molar-refractivity contribution in [1.29, 1.82) is 0 Å². The molecule has 0 unspecified atom stereocenters. The Bertz CT molecular complexity index is 1480. The summed E-state index contributed by atoms with van der Waals surface area (Å²) in [5.41, 5.74) is 2.75. The molecule has 0 radical (unpaired) electrons. The molecule has 2 atom stereocenters. The highest BCUT2D eigenvalue weighted by atomic mass is 35.5. The molecular formula is C27H22Cl2N4O3S. The Balaban J connectivity index is 1.62. The first kappa shape index (κ1) is 25.1. The number of hydrogen-bond acceptors (Lipinski definition) is 5. The van der Waals surface area contributed by atoms with Crippen LogP contribution >= 0.6 is 35.4 Å². The quantitative estimate of drug-likeness (QED) is 0.255. The number of carbonyl (C=O) groups is 1. The Labute approximate surface area is 229 Å². The molecule has 188 valence electrons. The minimum Gasteiger partial charge on any atom is -0.495 e. The number of nitrogens with one attached hydrogen (secondary N) is 2. The van der Waals surface area contributed by atoms with Crippen molar-refractivity contribution >= 4 is 57.8 Å². The van der Waals surface area contributed by atoms with Crippen molar-refractivity contribution in [2.24, 2.45) is 0 Å². The number of anilines is 2. The second kappa shape index (κ2) is 10.4. The lowest BCUT2D eigenvalue weighted by molar-refractivity contribution is -0.114. The van der Waals surface area contributed by atoms with Crippen LogP contribution in [0.1, 0.15) is 30.5 Å². The van der Waals surface area contributed by atoms with Gasteiger partial charge in [-0.2, -0.15) is 0 Å². The average Bonchev–Trinajstić information content (AvgIpc) is 3.50. The summed E-state index contributed by atoms with van der Waals surface area (Å²) < 4.78 is 11.8. The van der Waals surface area contributed by atoms with Gasteiger partial charge in [0.05, 0.1) is 34.6 Å². The van der Waals surface area contributed by atoms with Crippen molar-refractivity contribution in [3.8, 4) is 17.1 Å². The molecule has 0 saturated carbocycles. The molecule has 5 rings (SSSR count). The molecule has 0 bridgehead atoms. The van der Waals surface area contributed by atoms with E-state index in [9.17, 15) is 4.79 Å². The highest BCUT2D eigenvalue weighted by Gasteiger charge is 2.43. The average molecular weight is 553 g/mol. The predicted molar refractivity (Wildman–Crippen MR) is 149 cm³/mol. The van der Waals surface area contributed by atoms with Crippen LogP contribution in [0.25, 0.3) is 11.3 Å². The number of benzene rings is 2. The van der Waals surface area contributed by atoms with Gasteiger partial charge in [-0.15, -0.1) is 0 Å². The minimum atomic E-state index is -0.396. The molecule has 3 heterocycles. The predicted octanol–water partition coefficient (Wildman–Crippen LogP) is 6.79. The summed E-state index contributed by atoms with van der Waals surface area (Å²) in [6.45, 7) is 1.44. The van der Waals surface area contributed by atoms with Gasteiger partial charge >= 0.3 is 0 Å². The highest BCUT2D eigenvalue weighted by molar-refractivity contribution is 7.80. The monoisotopic (exact) mass is 552 g/mol. The molecule has 2 aromatic heterocycles. The molecule has 1 amide bonds. The number of furan rings is 1. The first-order valence-corrected chi connectivity index (χ1v) is 12.5. The third-order valence-corrected chi connectivity index (χ3v) is 7.14. The number of rotatable bonds is 6. The molecule has 1 aliphatic rings. The Morgan fingerprint density at radius 2 is 1.97 bits per heavy atom. The van der Waals surface area contributed by atoms with Crippen LogP contribution in [-0.4, -0.2) is 23.1 Å². The summed E-state index contributed by atoms with van der Waals surface area (Å²) in [6.07, 6.45) is 1.74. The second-order valence-corrected chi connectivity index (χ2v) is 9.54. The maximum atomic E-state index is 11.8. The van der Waals surface area contributed by atoms with E-state index in [2.05, 4.69) is 15.6 Å². The highest BCUT2D eigenvalue weighted by Crippen LogP contribution is 2.45. The zero-order chi connectivity index (χ0) is 26.1. The summed E-state index contributed by atoms with van der Waals surface area (Å²) in [7, 11) is 1.55. The largest absolute Gasteiger partial charge is 0.495 e. The van der Waals surface area contributed by atoms with Gasteiger partial charge < -0.3 is 24.7 Å². The molecule has 1 saturated heterocycles. The summed E-state index contributed by atoms with van der Waals surface area (Å²) in [5.74, 6) is 1.54. The number of nitrogens with zero attached hydrogens (tertiary/aromatic N) is 2. The molecule has 1 fully saturated rings. The van der Waals surface area contributed by atoms with Gasteiger partial charge in [-0.05, 0) is 66.8 Å². The maximum Gasteiger partial charge on any atom is 0.221 e. The van der Waals surface area contributed by atoms with E-state index in [0.29, 0.717) is 43.7 Å². The van der Waals surface area contributed by atoms with E-state index in [0.717, 1.165) is 11.4 Å². The number of carbonyl (C=O) groups excluding carboxylic acids is 1. The van der Waals surface area contributed by atoms with Crippen molar-refractivity contribution in [1.82, 2.24) is 10.3 Å². The Morgan fingerprint density at radius 3 is 2.70 bits per heavy atom. The van der Waals surface area contributed by atoms with Crippen molar-refractivity contribution in [3.05, 3.63) is 94.4 Å². The summed E-state index contributed by atoms with van der Waals surface area (Å²) in [5, 5.41) is 7.56. The number of aromatic nitrogens is 1. The molecule has 1 aliphatic heterocycles. The molecule has 4 aromatic rings. The SMILES string of the molecule is COc1ccc(N2C(=S)N[C@H](c3ccccn3)[C@H]2c2ccc(-c3cccc(Cl)c3Cl)o2)cc1NC(C)=O. The summed E-state index contributed by atoms with van der Waals surface area (Å²) in [4.78, 5) is 18.3. The van der Waals surface area contributed by atoms with E-state index >= 15 is 0 Å². The van der Waals surface area contributed by atoms with Crippen molar-refractivity contribution in [3.63, 3.8) is 0 Å². The third kappa shape index (κ3) is 4.87. The second-order valence-electron chi connectivity index (χ2n) is 8.37. The van der Waals surface area contributed by atoms with Crippen molar-refractivity contribution in [2.75, 3.05) is 17.3 Å². The normalized spacial score (nSPS) is 17.0. The van der Waals surface area contributed by atoms with Crippen LogP contribution in [0.2, 0.25) is 10.0 Å². The van der Waals surface area contributed by atoms with E-state index in [1.54, 1.807) is 25.4 Å². The lowest BCUT2D eigenvalue weighted by Crippen LogP contribution is -2.29. The van der Waals surface area contributed by atoms with Gasteiger partial charge in [-0.3, -0.25) is 9.78 Å². The number of pyridine rings is 1. The van der Waals surface area contributed by atoms with Crippen LogP contribution in [0.5, 0.6) is 5.75 Å². The van der Waals surface area contributed by atoms with E-state index in [-0.39, 0.29) is 11.9 Å². The molecule has 0 aliphatic carbocycles. The first-order valence-electron chi connectivity index (χ1n) is 11.4. The van der Waals surface area contributed by atoms with Gasteiger partial charge in [0, 0.05) is 24.4 Å². The van der Waals surface area contributed by atoms with E-state index in [1.165, 1.54) is 6.92 Å². The molecule has 2 N–H and O–H groups in total. The number of hydrogen-bond donors (Lipinski definition) is 2. The summed E-state index contributed by atoms with van der Waals surface area (Å²) in [6, 6.07) is 19.7. The fraction of sp³-hybridized carbons (Fsp3) is 0.148. The van der Waals surface area contributed by atoms with Gasteiger partial charge in [0.15, 0.2) is 5.11 Å². The van der Waals surface area contributed by atoms with E-state index in [4.69, 9.17) is 44.6 Å². The van der Waals surface area contributed by atoms with Crippen molar-refractivity contribution < 1.29 is 13.9 Å². The van der Waals surface area contributed by atoms with Crippen LogP contribution < -0.4 is 20.3 Å². The van der Waals surface area contributed by atoms with Crippen molar-refractivity contribution in [2.45, 2.75) is 19.0 Å². The number of halogens is 2. The fourth-order valence-electron chi connectivity index (χ4n) is 4.41. The number of amides is 1. The standard InChI is InChI=1S/C27H22Cl2N4O3S/c1-15(34)31-20-14-16(9-10-22(20)35-2)33-26(25(32-27(33)37)19-8-3-4-13-30-19)23-12-11-21(36-23)17-6-5-7-18(28)24(17)29/h3-14,25-26H,1-2H3,(H,31,34)(H,32,37)/t25-,26-/m1/s1. The lowest BCUT2D eigenvalue weighted by Gasteiger charge is -2.27. The Kier molecular flexibility index (Phi) is 7.06. The molecule has 10 heteroatoms. The van der Waals surface area contributed by atoms with E-state index < -0.39 is 6.04 Å². The lowest BCUT2D eigenvalue weighted by atomic mass is 10.0. The number of ether oxygens (including phenoxy) is 1. The van der Waals surface area contributed by atoms with Gasteiger partial charge in [0.1, 0.15) is 23.3 Å². The number of thiocarbonyl (C=S) groups is 1. The zero-order valence-electron chi connectivity index (χ0n) is 19.9. The number of methoxy groups -OCH3 is 1. The Morgan fingerprint density at radius 1 is 1.14 bits per heavy atom. The zero-order valence-corrected chi connectivity index (χ0v) is 22.2. The van der Waals surface area contributed by atoms with E-state index in [1.807, 2.05) is 59.5 Å². The summed E-state index contributed by atoms with van der Waals surface area (Å²) >= 11 is 18.5. The molecule has 2 aromatic carbocycles. The smallest absolute Gasteiger partial charge is 0.221 e. The van der Waals surface area contributed by atoms with Crippen LogP contribution in [0.4, 0.5) is 11.4 Å². The van der Waals surface area contributed by atoms with Gasteiger partial charge in [-0.1, -0.05) is 35.3 Å². The van der Waals surface area contributed by atoms with Crippen LogP contribution in [0, 0.1) is 0 Å². The van der Waals surface area contributed by atoms with Gasteiger partial charge in [0.2, 0.25) is 5.91 Å². The maximum absolute atomic E-state index is 11.8. The topological polar surface area (TPSA) is 79.6 Å². The van der Waals surface area contributed by atoms with Gasteiger partial charge in [0.25, 0.3) is 0 Å². The van der Waals surface area contributed by atoms with Crippen LogP contribution in [0.15, 0.2) is 77.3 Å². The van der Waals surface area contributed by atoms with Crippen LogP contribution in [0.3, 0.4) is 0 Å². The first-order chi connectivity index (χ1) is 17.9. The fourth-order valence-corrected chi connectivity index (χ4v) is 5.15. The third-order valence-electron chi connectivity index (χ3n) is 6.01.